The van der Waals surface area contributed by atoms with Crippen molar-refractivity contribution in [3.8, 4) is 0 Å². The molecule has 0 fully saturated rings. The third-order valence-corrected chi connectivity index (χ3v) is 1.80. The van der Waals surface area contributed by atoms with E-state index in [4.69, 9.17) is 0 Å². The lowest BCUT2D eigenvalue weighted by atomic mass is 10.1. The van der Waals surface area contributed by atoms with Crippen LogP contribution < -0.4 is 0 Å². The minimum atomic E-state index is -0.464. The zero-order chi connectivity index (χ0) is 10.8. The van der Waals surface area contributed by atoms with Gasteiger partial charge in [0.15, 0.2) is 11.8 Å². The van der Waals surface area contributed by atoms with Gasteiger partial charge in [-0.1, -0.05) is 0 Å². The quantitative estimate of drug-likeness (QED) is 0.292. The van der Waals surface area contributed by atoms with E-state index in [0.717, 1.165) is 4.74 Å². The lowest BCUT2D eigenvalue weighted by molar-refractivity contribution is -0.530. The van der Waals surface area contributed by atoms with Crippen LogP contribution >= 0.6 is 0 Å². The number of nitrogens with zero attached hydrogens (tertiary/aromatic N) is 1. The number of hydroxylamine groups is 1. The summed E-state index contributed by atoms with van der Waals surface area (Å²) in [6.07, 6.45) is 1.46. The summed E-state index contributed by atoms with van der Waals surface area (Å²) in [5.74, 6) is -0.296. The van der Waals surface area contributed by atoms with Crippen LogP contribution in [0.4, 0.5) is 4.39 Å². The molecule has 0 aliphatic heterocycles. The van der Waals surface area contributed by atoms with E-state index < -0.39 is 5.54 Å². The van der Waals surface area contributed by atoms with Crippen LogP contribution in [0.2, 0.25) is 0 Å². The Bertz CT molecular complexity index is 335. The van der Waals surface area contributed by atoms with Gasteiger partial charge in [-0.3, -0.25) is 0 Å². The maximum Gasteiger partial charge on any atom is 0.182 e. The van der Waals surface area contributed by atoms with Gasteiger partial charge in [-0.25, -0.2) is 9.13 Å². The Morgan fingerprint density at radius 3 is 2.14 bits per heavy atom. The highest BCUT2D eigenvalue weighted by atomic mass is 18.2. The molecule has 0 N–H and O–H groups in total. The highest BCUT2D eigenvalue weighted by molar-refractivity contribution is 5.75. The first-order valence-electron chi connectivity index (χ1n) is 4.46. The average Bonchev–Trinajstić information content (AvgIpc) is 2.07. The first-order chi connectivity index (χ1) is 6.39. The van der Waals surface area contributed by atoms with E-state index >= 15 is 0 Å². The largest absolute Gasteiger partial charge is 0.623 e. The van der Waals surface area contributed by atoms with Crippen LogP contribution in [0.5, 0.6) is 0 Å². The second-order valence-electron chi connectivity index (χ2n) is 4.18. The van der Waals surface area contributed by atoms with Crippen LogP contribution in [0.3, 0.4) is 0 Å². The van der Waals surface area contributed by atoms with Crippen molar-refractivity contribution >= 4 is 6.21 Å². The van der Waals surface area contributed by atoms with Crippen LogP contribution in [0, 0.1) is 11.0 Å². The SMILES string of the molecule is CC(C)(C)/[N+]([O-])=C/c1ccc([18F])cc1. The van der Waals surface area contributed by atoms with E-state index in [9.17, 15) is 9.60 Å². The fourth-order valence-electron chi connectivity index (χ4n) is 0.878. The van der Waals surface area contributed by atoms with Crippen molar-refractivity contribution in [1.82, 2.24) is 0 Å². The van der Waals surface area contributed by atoms with Crippen LogP contribution in [0.25, 0.3) is 0 Å². The summed E-state index contributed by atoms with van der Waals surface area (Å²) in [7, 11) is 0. The molecule has 3 heteroatoms. The first kappa shape index (κ1) is 10.7. The smallest absolute Gasteiger partial charge is 0.182 e. The summed E-state index contributed by atoms with van der Waals surface area (Å²) in [6.45, 7) is 5.46. The number of halogens is 1. The van der Waals surface area contributed by atoms with Crippen LogP contribution in [0.15, 0.2) is 24.3 Å². The lowest BCUT2D eigenvalue weighted by Gasteiger charge is -2.18. The van der Waals surface area contributed by atoms with Gasteiger partial charge in [0.1, 0.15) is 5.82 Å². The van der Waals surface area contributed by atoms with Crippen LogP contribution in [-0.4, -0.2) is 16.5 Å². The van der Waals surface area contributed by atoms with Crippen molar-refractivity contribution in [2.24, 2.45) is 0 Å². The standard InChI is InChI=1S/C11H14FNO/c1-11(2,3)13(14)8-9-4-6-10(12)7-5-9/h4-8H,1-3H3/b13-8-/i12-1. The molecule has 1 aromatic carbocycles. The molecule has 0 saturated heterocycles. The number of hydrogen-bond donors (Lipinski definition) is 0. The summed E-state index contributed by atoms with van der Waals surface area (Å²) in [5.41, 5.74) is 0.241. The van der Waals surface area contributed by atoms with Crippen molar-refractivity contribution in [1.29, 1.82) is 0 Å². The molecular formula is C11H14FNO. The first-order valence-corrected chi connectivity index (χ1v) is 4.46. The fourth-order valence-corrected chi connectivity index (χ4v) is 0.878. The van der Waals surface area contributed by atoms with E-state index in [1.807, 2.05) is 20.8 Å². The van der Waals surface area contributed by atoms with Gasteiger partial charge in [-0.2, -0.15) is 0 Å². The van der Waals surface area contributed by atoms with Gasteiger partial charge in [0.2, 0.25) is 0 Å². The minimum absolute atomic E-state index is 0.296. The molecule has 0 amide bonds. The zero-order valence-corrected chi connectivity index (χ0v) is 8.62. The molecule has 0 aliphatic carbocycles. The Kier molecular flexibility index (Phi) is 2.89. The number of rotatable bonds is 1. The maximum absolute atomic E-state index is 12.6. The van der Waals surface area contributed by atoms with Gasteiger partial charge in [0.25, 0.3) is 0 Å². The molecule has 0 radical (unpaired) electrons. The Hall–Kier alpha value is -1.38. The average molecular weight is 194 g/mol. The summed E-state index contributed by atoms with van der Waals surface area (Å²) in [5, 5.41) is 11.5. The molecule has 76 valence electrons. The monoisotopic (exact) mass is 194 g/mol. The van der Waals surface area contributed by atoms with E-state index in [1.54, 1.807) is 12.1 Å². The molecule has 0 aliphatic rings. The number of benzene rings is 1. The van der Waals surface area contributed by atoms with Crippen molar-refractivity contribution in [2.75, 3.05) is 0 Å². The van der Waals surface area contributed by atoms with E-state index in [0.29, 0.717) is 5.56 Å². The summed E-state index contributed by atoms with van der Waals surface area (Å²) in [4.78, 5) is 0. The van der Waals surface area contributed by atoms with E-state index in [2.05, 4.69) is 0 Å². The Labute approximate surface area is 83.3 Å². The molecule has 2 nitrogen and oxygen atoms in total. The van der Waals surface area contributed by atoms with Crippen molar-refractivity contribution in [3.05, 3.63) is 40.9 Å². The van der Waals surface area contributed by atoms with Crippen LogP contribution in [0.1, 0.15) is 26.3 Å². The van der Waals surface area contributed by atoms with E-state index in [-0.39, 0.29) is 5.82 Å². The molecule has 0 bridgehead atoms. The summed E-state index contributed by atoms with van der Waals surface area (Å²) >= 11 is 0. The van der Waals surface area contributed by atoms with Gasteiger partial charge in [0, 0.05) is 26.3 Å². The lowest BCUT2D eigenvalue weighted by Crippen LogP contribution is -2.29. The molecule has 0 spiro atoms. The third kappa shape index (κ3) is 2.83. The molecule has 14 heavy (non-hydrogen) atoms. The normalized spacial score (nSPS) is 13.0. The highest BCUT2D eigenvalue weighted by Crippen LogP contribution is 2.06. The molecule has 1 aromatic rings. The second-order valence-corrected chi connectivity index (χ2v) is 4.18. The number of hydrogen-bond acceptors (Lipinski definition) is 1. The summed E-state index contributed by atoms with van der Waals surface area (Å²) < 4.78 is 13.4. The van der Waals surface area contributed by atoms with Gasteiger partial charge in [-0.05, 0) is 24.3 Å². The molecule has 0 unspecified atom stereocenters. The van der Waals surface area contributed by atoms with E-state index in [1.165, 1.54) is 18.3 Å². The Morgan fingerprint density at radius 1 is 1.21 bits per heavy atom. The Morgan fingerprint density at radius 2 is 1.71 bits per heavy atom. The molecule has 0 atom stereocenters. The van der Waals surface area contributed by atoms with Gasteiger partial charge < -0.3 is 5.21 Å². The summed E-state index contributed by atoms with van der Waals surface area (Å²) in [6, 6.07) is 5.82. The third-order valence-electron chi connectivity index (χ3n) is 1.80. The van der Waals surface area contributed by atoms with Crippen LogP contribution in [-0.2, 0) is 0 Å². The topological polar surface area (TPSA) is 26.1 Å². The Balaban J connectivity index is 2.93. The van der Waals surface area contributed by atoms with Crippen molar-refractivity contribution < 1.29 is 9.13 Å². The van der Waals surface area contributed by atoms with Crippen molar-refractivity contribution in [3.63, 3.8) is 0 Å². The fraction of sp³-hybridized carbons (Fsp3) is 0.364. The van der Waals surface area contributed by atoms with Gasteiger partial charge in [0.05, 0.1) is 0 Å². The molecule has 0 heterocycles. The second kappa shape index (κ2) is 3.78. The van der Waals surface area contributed by atoms with Gasteiger partial charge >= 0.3 is 0 Å². The zero-order valence-electron chi connectivity index (χ0n) is 8.62. The maximum atomic E-state index is 12.6. The minimum Gasteiger partial charge on any atom is -0.623 e. The highest BCUT2D eigenvalue weighted by Gasteiger charge is 2.17. The predicted molar refractivity (Wildman–Crippen MR) is 54.9 cm³/mol. The molecule has 1 rings (SSSR count). The molecule has 0 aromatic heterocycles. The van der Waals surface area contributed by atoms with Crippen molar-refractivity contribution in [2.45, 2.75) is 26.3 Å². The molecule has 0 saturated carbocycles. The predicted octanol–water partition coefficient (Wildman–Crippen LogP) is 2.55. The van der Waals surface area contributed by atoms with Gasteiger partial charge in [-0.15, -0.1) is 0 Å². The molecular weight excluding hydrogens is 180 g/mol.